The molecule has 0 saturated heterocycles. The van der Waals surface area contributed by atoms with Crippen molar-refractivity contribution in [3.8, 4) is 0 Å². The number of hydrogen-bond donors (Lipinski definition) is 1. The van der Waals surface area contributed by atoms with Crippen molar-refractivity contribution in [2.24, 2.45) is 0 Å². The minimum absolute atomic E-state index is 0.185. The summed E-state index contributed by atoms with van der Waals surface area (Å²) in [4.78, 5) is 23.1. The van der Waals surface area contributed by atoms with E-state index in [1.54, 1.807) is 17.1 Å². The van der Waals surface area contributed by atoms with Gasteiger partial charge in [0.25, 0.3) is 5.56 Å². The van der Waals surface area contributed by atoms with E-state index in [0.29, 0.717) is 24.5 Å². The zero-order chi connectivity index (χ0) is 25.3. The number of fused-ring (bicyclic) bond motifs is 1. The fourth-order valence-corrected chi connectivity index (χ4v) is 4.45. The highest BCUT2D eigenvalue weighted by Gasteiger charge is 2.34. The summed E-state index contributed by atoms with van der Waals surface area (Å²) in [7, 11) is 0. The van der Waals surface area contributed by atoms with Gasteiger partial charge in [-0.3, -0.25) is 14.7 Å². The number of aryl methyl sites for hydroxylation is 1. The molecule has 9 nitrogen and oxygen atoms in total. The van der Waals surface area contributed by atoms with Crippen LogP contribution in [0.15, 0.2) is 76.4 Å². The fraction of sp³-hybridized carbons (Fsp3) is 0.296. The first-order chi connectivity index (χ1) is 17.3. The van der Waals surface area contributed by atoms with Crippen LogP contribution >= 0.6 is 0 Å². The van der Waals surface area contributed by atoms with Crippen molar-refractivity contribution in [1.29, 1.82) is 0 Å². The van der Waals surface area contributed by atoms with Gasteiger partial charge in [-0.15, -0.1) is 5.10 Å². The average molecular weight is 484 g/mol. The smallest absolute Gasteiger partial charge is 0.253 e. The van der Waals surface area contributed by atoms with Gasteiger partial charge in [-0.1, -0.05) is 17.7 Å². The highest BCUT2D eigenvalue weighted by Crippen LogP contribution is 2.32. The molecule has 0 aliphatic heterocycles. The van der Waals surface area contributed by atoms with E-state index in [2.05, 4.69) is 36.5 Å². The second-order valence-electron chi connectivity index (χ2n) is 10.0. The van der Waals surface area contributed by atoms with Crippen LogP contribution in [0, 0.1) is 6.92 Å². The fourth-order valence-electron chi connectivity index (χ4n) is 4.45. The van der Waals surface area contributed by atoms with Crippen LogP contribution in [0.1, 0.15) is 55.1 Å². The number of furan rings is 1. The number of rotatable bonds is 7. The van der Waals surface area contributed by atoms with Crippen molar-refractivity contribution in [2.45, 2.75) is 52.4 Å². The number of aromatic nitrogens is 6. The van der Waals surface area contributed by atoms with E-state index < -0.39 is 11.6 Å². The molecule has 0 radical (unpaired) electrons. The third kappa shape index (κ3) is 4.83. The average Bonchev–Trinajstić information content (AvgIpc) is 3.53. The summed E-state index contributed by atoms with van der Waals surface area (Å²) in [6, 6.07) is 15.1. The highest BCUT2D eigenvalue weighted by atomic mass is 16.3. The summed E-state index contributed by atoms with van der Waals surface area (Å²) in [5, 5.41) is 13.7. The molecule has 0 fully saturated rings. The van der Waals surface area contributed by atoms with Gasteiger partial charge in [-0.2, -0.15) is 0 Å². The number of aromatic amines is 1. The number of pyridine rings is 2. The van der Waals surface area contributed by atoms with E-state index in [-0.39, 0.29) is 5.56 Å². The number of tetrazole rings is 1. The largest absolute Gasteiger partial charge is 0.468 e. The third-order valence-corrected chi connectivity index (χ3v) is 6.11. The second-order valence-corrected chi connectivity index (χ2v) is 10.0. The lowest BCUT2D eigenvalue weighted by atomic mass is 10.0. The maximum Gasteiger partial charge on any atom is 0.253 e. The van der Waals surface area contributed by atoms with Gasteiger partial charge >= 0.3 is 0 Å². The van der Waals surface area contributed by atoms with Gasteiger partial charge in [0, 0.05) is 30.0 Å². The Bertz CT molecular complexity index is 1520. The minimum atomic E-state index is -0.557. The molecule has 1 N–H and O–H groups in total. The summed E-state index contributed by atoms with van der Waals surface area (Å²) < 4.78 is 7.50. The normalized spacial score (nSPS) is 12.9. The van der Waals surface area contributed by atoms with Crippen LogP contribution in [0.2, 0.25) is 0 Å². The standard InChI is InChI=1S/C27H29N7O2/c1-18-9-10-23-20(13-18)14-22(26(35)29-23)24(25-30-31-32-34(25)27(2,3)4)33(17-21-8-6-12-36-21)16-19-7-5-11-28-15-19/h5-15,24H,16-17H2,1-4H3,(H,29,35)/t24-/m0/s1. The minimum Gasteiger partial charge on any atom is -0.468 e. The van der Waals surface area contributed by atoms with Crippen molar-refractivity contribution in [3.05, 3.63) is 106 Å². The van der Waals surface area contributed by atoms with Crippen molar-refractivity contribution >= 4 is 10.9 Å². The Kier molecular flexibility index (Phi) is 6.24. The molecule has 0 amide bonds. The Balaban J connectivity index is 1.73. The number of H-pyrrole nitrogens is 1. The Hall–Kier alpha value is -4.11. The summed E-state index contributed by atoms with van der Waals surface area (Å²) in [6.07, 6.45) is 5.22. The topological polar surface area (TPSA) is 106 Å². The maximum atomic E-state index is 13.6. The molecule has 0 spiro atoms. The van der Waals surface area contributed by atoms with Gasteiger partial charge in [-0.25, -0.2) is 4.68 Å². The molecule has 5 aromatic rings. The van der Waals surface area contributed by atoms with E-state index in [9.17, 15) is 4.79 Å². The Morgan fingerprint density at radius 3 is 2.69 bits per heavy atom. The van der Waals surface area contributed by atoms with Crippen LogP contribution in [-0.4, -0.2) is 35.1 Å². The van der Waals surface area contributed by atoms with Crippen LogP contribution in [-0.2, 0) is 18.6 Å². The summed E-state index contributed by atoms with van der Waals surface area (Å²) in [6.45, 7) is 9.09. The van der Waals surface area contributed by atoms with Gasteiger partial charge < -0.3 is 9.40 Å². The lowest BCUT2D eigenvalue weighted by Gasteiger charge is -2.32. The first-order valence-corrected chi connectivity index (χ1v) is 11.9. The first-order valence-electron chi connectivity index (χ1n) is 11.9. The molecule has 0 unspecified atom stereocenters. The first kappa shape index (κ1) is 23.6. The van der Waals surface area contributed by atoms with Crippen molar-refractivity contribution in [1.82, 2.24) is 35.1 Å². The number of nitrogens with one attached hydrogen (secondary N) is 1. The molecule has 1 atom stereocenters. The molecule has 0 aliphatic carbocycles. The maximum absolute atomic E-state index is 13.6. The second kappa shape index (κ2) is 9.50. The zero-order valence-corrected chi connectivity index (χ0v) is 20.8. The van der Waals surface area contributed by atoms with Gasteiger partial charge in [0.1, 0.15) is 11.8 Å². The van der Waals surface area contributed by atoms with Gasteiger partial charge in [0.15, 0.2) is 5.82 Å². The summed E-state index contributed by atoms with van der Waals surface area (Å²) >= 11 is 0. The quantitative estimate of drug-likeness (QED) is 0.367. The van der Waals surface area contributed by atoms with Crippen molar-refractivity contribution < 1.29 is 4.42 Å². The highest BCUT2D eigenvalue weighted by molar-refractivity contribution is 5.79. The van der Waals surface area contributed by atoms with E-state index in [1.165, 1.54) is 0 Å². The predicted molar refractivity (Wildman–Crippen MR) is 136 cm³/mol. The van der Waals surface area contributed by atoms with Crippen molar-refractivity contribution in [3.63, 3.8) is 0 Å². The molecule has 4 aromatic heterocycles. The Morgan fingerprint density at radius 1 is 1.11 bits per heavy atom. The molecule has 0 saturated carbocycles. The van der Waals surface area contributed by atoms with E-state index in [1.807, 2.05) is 76.4 Å². The van der Waals surface area contributed by atoms with Crippen LogP contribution in [0.25, 0.3) is 10.9 Å². The number of benzene rings is 1. The van der Waals surface area contributed by atoms with Crippen LogP contribution in [0.4, 0.5) is 0 Å². The third-order valence-electron chi connectivity index (χ3n) is 6.11. The van der Waals surface area contributed by atoms with Crippen molar-refractivity contribution in [2.75, 3.05) is 0 Å². The Morgan fingerprint density at radius 2 is 1.97 bits per heavy atom. The number of nitrogens with zero attached hydrogens (tertiary/aromatic N) is 6. The molecule has 5 rings (SSSR count). The molecule has 1 aromatic carbocycles. The van der Waals surface area contributed by atoms with E-state index in [4.69, 9.17) is 4.42 Å². The zero-order valence-electron chi connectivity index (χ0n) is 20.8. The molecular weight excluding hydrogens is 454 g/mol. The van der Waals surface area contributed by atoms with E-state index >= 15 is 0 Å². The van der Waals surface area contributed by atoms with Crippen LogP contribution < -0.4 is 5.56 Å². The molecule has 36 heavy (non-hydrogen) atoms. The van der Waals surface area contributed by atoms with Crippen LogP contribution in [0.3, 0.4) is 0 Å². The lowest BCUT2D eigenvalue weighted by Crippen LogP contribution is -2.37. The van der Waals surface area contributed by atoms with Gasteiger partial charge in [0.2, 0.25) is 0 Å². The number of hydrogen-bond acceptors (Lipinski definition) is 7. The van der Waals surface area contributed by atoms with Gasteiger partial charge in [0.05, 0.1) is 18.3 Å². The molecule has 0 aliphatic rings. The SMILES string of the molecule is Cc1ccc2[nH]c(=O)c([C@@H](c3nnnn3C(C)(C)C)N(Cc3cccnc3)Cc3ccco3)cc2c1. The molecule has 0 bridgehead atoms. The van der Waals surface area contributed by atoms with Gasteiger partial charge in [-0.05, 0) is 85.5 Å². The predicted octanol–water partition coefficient (Wildman–Crippen LogP) is 4.36. The molecule has 4 heterocycles. The molecular formula is C27H29N7O2. The summed E-state index contributed by atoms with van der Waals surface area (Å²) in [5.74, 6) is 1.35. The lowest BCUT2D eigenvalue weighted by molar-refractivity contribution is 0.171. The monoisotopic (exact) mass is 483 g/mol. The van der Waals surface area contributed by atoms with Crippen LogP contribution in [0.5, 0.6) is 0 Å². The molecule has 9 heteroatoms. The van der Waals surface area contributed by atoms with E-state index in [0.717, 1.165) is 27.8 Å². The Labute approximate surface area is 208 Å². The summed E-state index contributed by atoms with van der Waals surface area (Å²) in [5.41, 5.74) is 2.87. The molecule has 184 valence electrons.